The zero-order valence-corrected chi connectivity index (χ0v) is 16.1. The summed E-state index contributed by atoms with van der Waals surface area (Å²) in [4.78, 5) is 47.5. The Balaban J connectivity index is 2.65. The molecule has 0 aliphatic heterocycles. The van der Waals surface area contributed by atoms with E-state index in [1.54, 1.807) is 34.6 Å². The Labute approximate surface area is 153 Å². The van der Waals surface area contributed by atoms with E-state index in [0.717, 1.165) is 0 Å². The number of nitrogens with one attached hydrogen (secondary N) is 2. The van der Waals surface area contributed by atoms with Crippen molar-refractivity contribution in [1.29, 1.82) is 0 Å². The number of unbranched alkanes of at least 4 members (excludes halogenated alkanes) is 1. The van der Waals surface area contributed by atoms with Gasteiger partial charge in [-0.25, -0.2) is 4.79 Å². The number of ketones is 2. The smallest absolute Gasteiger partial charge is 0.405 e. The molecule has 7 nitrogen and oxygen atoms in total. The van der Waals surface area contributed by atoms with Gasteiger partial charge in [0.25, 0.3) is 0 Å². The molecule has 1 aliphatic rings. The van der Waals surface area contributed by atoms with Crippen LogP contribution in [-0.2, 0) is 14.4 Å². The van der Waals surface area contributed by atoms with E-state index < -0.39 is 12.1 Å². The summed E-state index contributed by atoms with van der Waals surface area (Å²) in [6.07, 6.45) is 0.651. The molecule has 0 fully saturated rings. The van der Waals surface area contributed by atoms with Gasteiger partial charge < -0.3 is 15.7 Å². The first-order chi connectivity index (χ1) is 12.1. The van der Waals surface area contributed by atoms with Crippen molar-refractivity contribution in [3.8, 4) is 0 Å². The van der Waals surface area contributed by atoms with Crippen molar-refractivity contribution in [2.45, 2.75) is 72.4 Å². The highest BCUT2D eigenvalue weighted by molar-refractivity contribution is 6.24. The van der Waals surface area contributed by atoms with E-state index in [1.165, 1.54) is 0 Å². The number of Topliss-reactive ketones (excluding diaryl/α,β-unsaturated/α-hetero) is 2. The lowest BCUT2D eigenvalue weighted by Gasteiger charge is -2.20. The maximum absolute atomic E-state index is 12.4. The van der Waals surface area contributed by atoms with Crippen LogP contribution < -0.4 is 10.6 Å². The van der Waals surface area contributed by atoms with E-state index in [9.17, 15) is 19.2 Å². The fourth-order valence-corrected chi connectivity index (χ4v) is 2.91. The second kappa shape index (κ2) is 9.31. The van der Waals surface area contributed by atoms with Crippen molar-refractivity contribution in [2.24, 2.45) is 0 Å². The number of hydrogen-bond donors (Lipinski definition) is 3. The molecule has 0 saturated carbocycles. The molecule has 0 aromatic carbocycles. The summed E-state index contributed by atoms with van der Waals surface area (Å²) in [6, 6.07) is -0.921. The lowest BCUT2D eigenvalue weighted by molar-refractivity contribution is -0.123. The van der Waals surface area contributed by atoms with Crippen LogP contribution in [0.15, 0.2) is 22.3 Å². The molecule has 1 rings (SSSR count). The van der Waals surface area contributed by atoms with Crippen LogP contribution in [0.25, 0.3) is 0 Å². The Hall–Kier alpha value is -2.44. The zero-order valence-electron chi connectivity index (χ0n) is 16.1. The molecule has 0 saturated heterocycles. The fraction of sp³-hybridized carbons (Fsp3) is 0.579. The number of amides is 2. The maximum atomic E-state index is 12.4. The Morgan fingerprint density at radius 2 is 1.50 bits per heavy atom. The quantitative estimate of drug-likeness (QED) is 0.452. The summed E-state index contributed by atoms with van der Waals surface area (Å²) in [6.45, 7) is 8.58. The van der Waals surface area contributed by atoms with E-state index in [0.29, 0.717) is 48.0 Å². The Morgan fingerprint density at radius 3 is 2.04 bits per heavy atom. The van der Waals surface area contributed by atoms with Gasteiger partial charge >= 0.3 is 6.09 Å². The summed E-state index contributed by atoms with van der Waals surface area (Å²) < 4.78 is 0. The molecule has 1 aliphatic carbocycles. The van der Waals surface area contributed by atoms with Gasteiger partial charge in [0.05, 0.1) is 0 Å². The van der Waals surface area contributed by atoms with Crippen LogP contribution in [0.1, 0.15) is 60.3 Å². The highest BCUT2D eigenvalue weighted by atomic mass is 16.4. The Morgan fingerprint density at radius 1 is 0.923 bits per heavy atom. The first kappa shape index (κ1) is 21.6. The van der Waals surface area contributed by atoms with E-state index in [4.69, 9.17) is 5.11 Å². The molecule has 1 atom stereocenters. The second-order valence-corrected chi connectivity index (χ2v) is 6.92. The highest BCUT2D eigenvalue weighted by Crippen LogP contribution is 2.27. The van der Waals surface area contributed by atoms with Gasteiger partial charge in [0.1, 0.15) is 6.04 Å². The van der Waals surface area contributed by atoms with Gasteiger partial charge in [-0.2, -0.15) is 0 Å². The molecular formula is C19H28N2O5. The SMILES string of the molecule is CC1=C(C)C(=O)C(CCCCC(NC(=O)O)C(=O)NC(C)C)=C(C)C1=O. The Kier molecular flexibility index (Phi) is 7.74. The number of allylic oxidation sites excluding steroid dienone is 4. The summed E-state index contributed by atoms with van der Waals surface area (Å²) in [5, 5.41) is 13.8. The molecule has 7 heteroatoms. The number of hydrogen-bond acceptors (Lipinski definition) is 4. The van der Waals surface area contributed by atoms with Gasteiger partial charge in [0.2, 0.25) is 5.91 Å². The standard InChI is InChI=1S/C19H28N2O5/c1-10(2)20-18(24)15(21-19(25)26)9-7-6-8-14-13(5)16(22)11(3)12(4)17(14)23/h10,15,21H,6-9H2,1-5H3,(H,20,24)(H,25,26). The molecule has 0 radical (unpaired) electrons. The third-order valence-corrected chi connectivity index (χ3v) is 4.53. The molecule has 3 N–H and O–H groups in total. The minimum atomic E-state index is -1.25. The van der Waals surface area contributed by atoms with Crippen LogP contribution in [0.3, 0.4) is 0 Å². The summed E-state index contributed by atoms with van der Waals surface area (Å²) in [5.41, 5.74) is 1.98. The normalized spacial score (nSPS) is 16.2. The molecule has 0 bridgehead atoms. The van der Waals surface area contributed by atoms with Gasteiger partial charge in [0.15, 0.2) is 11.6 Å². The molecule has 1 unspecified atom stereocenters. The predicted octanol–water partition coefficient (Wildman–Crippen LogP) is 2.51. The molecule has 0 aromatic rings. The second-order valence-electron chi connectivity index (χ2n) is 6.92. The first-order valence-electron chi connectivity index (χ1n) is 8.82. The number of carboxylic acid groups (broad SMARTS) is 1. The van der Waals surface area contributed by atoms with Gasteiger partial charge in [0, 0.05) is 28.3 Å². The number of carbonyl (C=O) groups excluding carboxylic acids is 3. The molecule has 0 heterocycles. The third-order valence-electron chi connectivity index (χ3n) is 4.53. The average molecular weight is 364 g/mol. The van der Waals surface area contributed by atoms with E-state index in [-0.39, 0.29) is 23.5 Å². The molecule has 26 heavy (non-hydrogen) atoms. The minimum Gasteiger partial charge on any atom is -0.465 e. The number of carbonyl (C=O) groups is 4. The van der Waals surface area contributed by atoms with Crippen LogP contribution in [0, 0.1) is 0 Å². The van der Waals surface area contributed by atoms with Crippen LogP contribution >= 0.6 is 0 Å². The zero-order chi connectivity index (χ0) is 20.0. The fourth-order valence-electron chi connectivity index (χ4n) is 2.91. The van der Waals surface area contributed by atoms with Gasteiger partial charge in [-0.15, -0.1) is 0 Å². The minimum absolute atomic E-state index is 0.0859. The molecular weight excluding hydrogens is 336 g/mol. The van der Waals surface area contributed by atoms with Crippen molar-refractivity contribution >= 4 is 23.6 Å². The van der Waals surface area contributed by atoms with Crippen molar-refractivity contribution in [2.75, 3.05) is 0 Å². The van der Waals surface area contributed by atoms with Gasteiger partial charge in [-0.1, -0.05) is 6.42 Å². The first-order valence-corrected chi connectivity index (χ1v) is 8.82. The summed E-state index contributed by atoms with van der Waals surface area (Å²) in [7, 11) is 0. The van der Waals surface area contributed by atoms with Crippen molar-refractivity contribution in [3.05, 3.63) is 22.3 Å². The molecule has 144 valence electrons. The lowest BCUT2D eigenvalue weighted by atomic mass is 9.84. The largest absolute Gasteiger partial charge is 0.465 e. The average Bonchev–Trinajstić information content (AvgIpc) is 2.55. The summed E-state index contributed by atoms with van der Waals surface area (Å²) >= 11 is 0. The molecule has 0 aromatic heterocycles. The van der Waals surface area contributed by atoms with Crippen molar-refractivity contribution < 1.29 is 24.3 Å². The molecule has 2 amide bonds. The highest BCUT2D eigenvalue weighted by Gasteiger charge is 2.27. The van der Waals surface area contributed by atoms with Gasteiger partial charge in [-0.05, 0) is 53.9 Å². The third kappa shape index (κ3) is 5.54. The molecule has 0 spiro atoms. The predicted molar refractivity (Wildman–Crippen MR) is 97.8 cm³/mol. The monoisotopic (exact) mass is 364 g/mol. The lowest BCUT2D eigenvalue weighted by Crippen LogP contribution is -2.48. The maximum Gasteiger partial charge on any atom is 0.405 e. The topological polar surface area (TPSA) is 113 Å². The van der Waals surface area contributed by atoms with Crippen molar-refractivity contribution in [3.63, 3.8) is 0 Å². The van der Waals surface area contributed by atoms with E-state index in [2.05, 4.69) is 10.6 Å². The van der Waals surface area contributed by atoms with Crippen LogP contribution in [-0.4, -0.2) is 40.8 Å². The van der Waals surface area contributed by atoms with Crippen LogP contribution in [0.4, 0.5) is 4.79 Å². The van der Waals surface area contributed by atoms with Gasteiger partial charge in [-0.3, -0.25) is 14.4 Å². The van der Waals surface area contributed by atoms with Crippen LogP contribution in [0.2, 0.25) is 0 Å². The van der Waals surface area contributed by atoms with Crippen LogP contribution in [0.5, 0.6) is 0 Å². The van der Waals surface area contributed by atoms with E-state index in [1.807, 2.05) is 0 Å². The van der Waals surface area contributed by atoms with E-state index >= 15 is 0 Å². The Bertz CT molecular complexity index is 673. The van der Waals surface area contributed by atoms with Crippen molar-refractivity contribution in [1.82, 2.24) is 10.6 Å². The summed E-state index contributed by atoms with van der Waals surface area (Å²) in [5.74, 6) is -0.563. The number of rotatable bonds is 8.